The number of benzene rings is 2. The van der Waals surface area contributed by atoms with E-state index >= 15 is 0 Å². The number of aromatic nitrogens is 3. The molecule has 2 aromatic carbocycles. The molecule has 1 N–H and O–H groups in total. The molecule has 0 atom stereocenters. The van der Waals surface area contributed by atoms with Gasteiger partial charge in [-0.25, -0.2) is 4.79 Å². The number of amides is 1. The van der Waals surface area contributed by atoms with Gasteiger partial charge in [0.05, 0.1) is 17.7 Å². The third-order valence-corrected chi connectivity index (χ3v) is 4.52. The molecule has 152 valence electrons. The second-order valence-corrected chi connectivity index (χ2v) is 6.66. The lowest BCUT2D eigenvalue weighted by Crippen LogP contribution is -2.18. The quantitative estimate of drug-likeness (QED) is 0.491. The molecule has 0 saturated carbocycles. The third kappa shape index (κ3) is 3.93. The SMILES string of the molecule is CCOC(=O)c1cccc(NC(=O)Cn2cc(-c3nnc(C)o3)c3ccccc32)c1. The minimum absolute atomic E-state index is 0.0806. The molecule has 0 aliphatic heterocycles. The van der Waals surface area contributed by atoms with Gasteiger partial charge in [0.1, 0.15) is 6.54 Å². The highest BCUT2D eigenvalue weighted by Gasteiger charge is 2.16. The zero-order chi connectivity index (χ0) is 21.1. The van der Waals surface area contributed by atoms with Gasteiger partial charge in [-0.05, 0) is 31.2 Å². The second-order valence-electron chi connectivity index (χ2n) is 6.66. The van der Waals surface area contributed by atoms with Crippen molar-refractivity contribution >= 4 is 28.5 Å². The van der Waals surface area contributed by atoms with Gasteiger partial charge in [-0.1, -0.05) is 24.3 Å². The van der Waals surface area contributed by atoms with Crippen molar-refractivity contribution in [1.82, 2.24) is 14.8 Å². The number of para-hydroxylation sites is 1. The minimum atomic E-state index is -0.426. The normalized spacial score (nSPS) is 10.9. The van der Waals surface area contributed by atoms with Crippen LogP contribution in [0, 0.1) is 6.92 Å². The van der Waals surface area contributed by atoms with E-state index in [0.29, 0.717) is 23.0 Å². The van der Waals surface area contributed by atoms with Crippen molar-refractivity contribution in [1.29, 1.82) is 0 Å². The van der Waals surface area contributed by atoms with Gasteiger partial charge < -0.3 is 19.0 Å². The molecule has 0 spiro atoms. The lowest BCUT2D eigenvalue weighted by atomic mass is 10.2. The van der Waals surface area contributed by atoms with Gasteiger partial charge in [0.2, 0.25) is 17.7 Å². The van der Waals surface area contributed by atoms with Crippen molar-refractivity contribution in [3.63, 3.8) is 0 Å². The van der Waals surface area contributed by atoms with E-state index in [1.165, 1.54) is 0 Å². The van der Waals surface area contributed by atoms with Gasteiger partial charge in [0, 0.05) is 29.7 Å². The van der Waals surface area contributed by atoms with Gasteiger partial charge in [0.15, 0.2) is 0 Å². The first-order chi connectivity index (χ1) is 14.5. The number of anilines is 1. The van der Waals surface area contributed by atoms with Crippen LogP contribution in [0.15, 0.2) is 59.1 Å². The number of fused-ring (bicyclic) bond motifs is 1. The summed E-state index contributed by atoms with van der Waals surface area (Å²) >= 11 is 0. The highest BCUT2D eigenvalue weighted by Crippen LogP contribution is 2.29. The first-order valence-electron chi connectivity index (χ1n) is 9.50. The Kier molecular flexibility index (Phi) is 5.30. The number of ether oxygens (including phenoxy) is 1. The predicted octanol–water partition coefficient (Wildman–Crippen LogP) is 3.82. The number of aryl methyl sites for hydroxylation is 1. The molecule has 0 saturated heterocycles. The Morgan fingerprint density at radius 2 is 1.97 bits per heavy atom. The fraction of sp³-hybridized carbons (Fsp3) is 0.182. The van der Waals surface area contributed by atoms with Crippen LogP contribution in [0.2, 0.25) is 0 Å². The van der Waals surface area contributed by atoms with Crippen molar-refractivity contribution in [2.24, 2.45) is 0 Å². The van der Waals surface area contributed by atoms with E-state index in [0.717, 1.165) is 16.5 Å². The van der Waals surface area contributed by atoms with E-state index in [1.54, 1.807) is 38.1 Å². The Hall–Kier alpha value is -3.94. The van der Waals surface area contributed by atoms with E-state index in [2.05, 4.69) is 15.5 Å². The third-order valence-electron chi connectivity index (χ3n) is 4.52. The molecule has 0 aliphatic carbocycles. The number of esters is 1. The molecule has 1 amide bonds. The maximum atomic E-state index is 12.7. The van der Waals surface area contributed by atoms with Crippen LogP contribution in [0.5, 0.6) is 0 Å². The number of carbonyl (C=O) groups excluding carboxylic acids is 2. The molecule has 8 heteroatoms. The van der Waals surface area contributed by atoms with Crippen LogP contribution in [0.25, 0.3) is 22.4 Å². The zero-order valence-electron chi connectivity index (χ0n) is 16.6. The number of nitrogens with one attached hydrogen (secondary N) is 1. The molecule has 0 bridgehead atoms. The summed E-state index contributed by atoms with van der Waals surface area (Å²) in [4.78, 5) is 24.6. The average Bonchev–Trinajstić information content (AvgIpc) is 3.32. The molecular weight excluding hydrogens is 384 g/mol. The predicted molar refractivity (Wildman–Crippen MR) is 111 cm³/mol. The van der Waals surface area contributed by atoms with Crippen LogP contribution in [0.4, 0.5) is 5.69 Å². The van der Waals surface area contributed by atoms with E-state index in [-0.39, 0.29) is 19.1 Å². The summed E-state index contributed by atoms with van der Waals surface area (Å²) in [6.45, 7) is 3.84. The summed E-state index contributed by atoms with van der Waals surface area (Å²) in [5.41, 5.74) is 2.55. The molecule has 0 aliphatic rings. The second kappa shape index (κ2) is 8.20. The van der Waals surface area contributed by atoms with E-state index in [1.807, 2.05) is 35.0 Å². The Bertz CT molecular complexity index is 1220. The van der Waals surface area contributed by atoms with Crippen LogP contribution in [-0.2, 0) is 16.1 Å². The largest absolute Gasteiger partial charge is 0.462 e. The smallest absolute Gasteiger partial charge is 0.338 e. The maximum Gasteiger partial charge on any atom is 0.338 e. The first-order valence-corrected chi connectivity index (χ1v) is 9.50. The van der Waals surface area contributed by atoms with Crippen LogP contribution in [-0.4, -0.2) is 33.2 Å². The number of carbonyl (C=O) groups is 2. The summed E-state index contributed by atoms with van der Waals surface area (Å²) in [6, 6.07) is 14.4. The number of nitrogens with zero attached hydrogens (tertiary/aromatic N) is 3. The monoisotopic (exact) mass is 404 g/mol. The summed E-state index contributed by atoms with van der Waals surface area (Å²) in [5.74, 6) is 0.223. The molecule has 8 nitrogen and oxygen atoms in total. The average molecular weight is 404 g/mol. The molecule has 0 radical (unpaired) electrons. The Morgan fingerprint density at radius 3 is 2.73 bits per heavy atom. The minimum Gasteiger partial charge on any atom is -0.462 e. The number of rotatable bonds is 6. The van der Waals surface area contributed by atoms with Crippen LogP contribution in [0.1, 0.15) is 23.2 Å². The van der Waals surface area contributed by atoms with Gasteiger partial charge >= 0.3 is 5.97 Å². The lowest BCUT2D eigenvalue weighted by Gasteiger charge is -2.09. The van der Waals surface area contributed by atoms with Crippen LogP contribution < -0.4 is 5.32 Å². The van der Waals surface area contributed by atoms with E-state index < -0.39 is 5.97 Å². The number of hydrogen-bond acceptors (Lipinski definition) is 6. The first kappa shape index (κ1) is 19.4. The maximum absolute atomic E-state index is 12.7. The highest BCUT2D eigenvalue weighted by atomic mass is 16.5. The summed E-state index contributed by atoms with van der Waals surface area (Å²) < 4.78 is 12.4. The van der Waals surface area contributed by atoms with Gasteiger partial charge in [-0.3, -0.25) is 4.79 Å². The molecular formula is C22H20N4O4. The van der Waals surface area contributed by atoms with Crippen LogP contribution >= 0.6 is 0 Å². The topological polar surface area (TPSA) is 99.2 Å². The Morgan fingerprint density at radius 1 is 1.13 bits per heavy atom. The van der Waals surface area contributed by atoms with Crippen LogP contribution in [0.3, 0.4) is 0 Å². The molecule has 30 heavy (non-hydrogen) atoms. The summed E-state index contributed by atoms with van der Waals surface area (Å²) in [7, 11) is 0. The van der Waals surface area contributed by atoms with Crippen molar-refractivity contribution in [2.75, 3.05) is 11.9 Å². The van der Waals surface area contributed by atoms with E-state index in [4.69, 9.17) is 9.15 Å². The number of hydrogen-bond donors (Lipinski definition) is 1. The summed E-state index contributed by atoms with van der Waals surface area (Å²) in [6.07, 6.45) is 1.83. The van der Waals surface area contributed by atoms with Crippen molar-refractivity contribution in [3.05, 3.63) is 66.2 Å². The van der Waals surface area contributed by atoms with E-state index in [9.17, 15) is 9.59 Å². The summed E-state index contributed by atoms with van der Waals surface area (Å²) in [5, 5.41) is 11.7. The molecule has 2 aromatic heterocycles. The van der Waals surface area contributed by atoms with Crippen molar-refractivity contribution < 1.29 is 18.7 Å². The lowest BCUT2D eigenvalue weighted by molar-refractivity contribution is -0.116. The van der Waals surface area contributed by atoms with Gasteiger partial charge in [-0.2, -0.15) is 0 Å². The molecule has 4 aromatic rings. The fourth-order valence-corrected chi connectivity index (χ4v) is 3.25. The zero-order valence-corrected chi connectivity index (χ0v) is 16.6. The molecule has 0 unspecified atom stereocenters. The van der Waals surface area contributed by atoms with Gasteiger partial charge in [0.25, 0.3) is 0 Å². The Balaban J connectivity index is 1.57. The Labute approximate surface area is 172 Å². The molecule has 2 heterocycles. The molecule has 4 rings (SSSR count). The standard InChI is InChI=1S/C22H20N4O4/c1-3-29-22(28)15-7-6-8-16(11-15)23-20(27)13-26-12-18(21-25-24-14(2)30-21)17-9-4-5-10-19(17)26/h4-12H,3,13H2,1-2H3,(H,23,27). The van der Waals surface area contributed by atoms with Crippen molar-refractivity contribution in [2.45, 2.75) is 20.4 Å². The highest BCUT2D eigenvalue weighted by molar-refractivity contribution is 5.97. The van der Waals surface area contributed by atoms with Gasteiger partial charge in [-0.15, -0.1) is 10.2 Å². The fourth-order valence-electron chi connectivity index (χ4n) is 3.25. The molecule has 0 fully saturated rings. The van der Waals surface area contributed by atoms with Crippen molar-refractivity contribution in [3.8, 4) is 11.5 Å².